The molecule has 0 N–H and O–H groups in total. The van der Waals surface area contributed by atoms with Gasteiger partial charge in [0.15, 0.2) is 17.3 Å². The highest BCUT2D eigenvalue weighted by atomic mass is 16.5. The lowest BCUT2D eigenvalue weighted by atomic mass is 10.0. The minimum atomic E-state index is -0.141. The van der Waals surface area contributed by atoms with Gasteiger partial charge in [-0.15, -0.1) is 0 Å². The molecule has 0 spiro atoms. The minimum absolute atomic E-state index is 0.0227. The topological polar surface area (TPSA) is 60.8 Å². The molecule has 1 amide bonds. The maximum atomic E-state index is 12.6. The predicted octanol–water partition coefficient (Wildman–Crippen LogP) is 1.85. The van der Waals surface area contributed by atoms with Gasteiger partial charge in [0, 0.05) is 38.5 Å². The van der Waals surface area contributed by atoms with E-state index < -0.39 is 0 Å². The van der Waals surface area contributed by atoms with Crippen LogP contribution in [0.15, 0.2) is 12.1 Å². The number of Topliss-reactive ketones (excluding diaryl/α,β-unsaturated/α-hetero) is 1. The van der Waals surface area contributed by atoms with Gasteiger partial charge < -0.3 is 18.9 Å². The van der Waals surface area contributed by atoms with Crippen molar-refractivity contribution in [1.82, 2.24) is 9.47 Å². The van der Waals surface area contributed by atoms with Crippen molar-refractivity contribution in [2.75, 3.05) is 27.8 Å². The molecule has 6 nitrogen and oxygen atoms in total. The molecule has 1 aromatic carbocycles. The summed E-state index contributed by atoms with van der Waals surface area (Å²) in [6.07, 6.45) is 0.322. The molecule has 0 unspecified atom stereocenters. The first-order valence-electron chi connectivity index (χ1n) is 7.02. The van der Waals surface area contributed by atoms with Crippen LogP contribution in [0.5, 0.6) is 11.5 Å². The van der Waals surface area contributed by atoms with E-state index >= 15 is 0 Å². The van der Waals surface area contributed by atoms with Crippen molar-refractivity contribution in [3.63, 3.8) is 0 Å². The molecule has 0 radical (unpaired) electrons. The van der Waals surface area contributed by atoms with E-state index in [9.17, 15) is 9.59 Å². The fourth-order valence-electron chi connectivity index (χ4n) is 2.97. The van der Waals surface area contributed by atoms with Gasteiger partial charge in [-0.05, 0) is 6.07 Å². The molecule has 0 atom stereocenters. The number of ether oxygens (including phenoxy) is 2. The number of carbonyl (C=O) groups is 2. The van der Waals surface area contributed by atoms with Crippen LogP contribution in [0, 0.1) is 0 Å². The maximum absolute atomic E-state index is 12.6. The highest BCUT2D eigenvalue weighted by Crippen LogP contribution is 2.37. The van der Waals surface area contributed by atoms with Crippen molar-refractivity contribution in [1.29, 1.82) is 0 Å². The van der Waals surface area contributed by atoms with Gasteiger partial charge in [-0.2, -0.15) is 0 Å². The van der Waals surface area contributed by atoms with Crippen molar-refractivity contribution < 1.29 is 19.1 Å². The van der Waals surface area contributed by atoms with Crippen molar-refractivity contribution in [3.05, 3.63) is 23.4 Å². The second-order valence-corrected chi connectivity index (χ2v) is 5.41. The quantitative estimate of drug-likeness (QED) is 0.849. The molecule has 2 aromatic rings. The molecule has 0 saturated carbocycles. The van der Waals surface area contributed by atoms with Crippen molar-refractivity contribution in [2.45, 2.75) is 6.42 Å². The Hall–Kier alpha value is -2.50. The minimum Gasteiger partial charge on any atom is -0.493 e. The van der Waals surface area contributed by atoms with Crippen LogP contribution < -0.4 is 9.47 Å². The maximum Gasteiger partial charge on any atom is 0.271 e. The third kappa shape index (κ3) is 1.87. The van der Waals surface area contributed by atoms with Gasteiger partial charge in [0.1, 0.15) is 5.69 Å². The van der Waals surface area contributed by atoms with E-state index in [0.717, 1.165) is 10.9 Å². The lowest BCUT2D eigenvalue weighted by molar-refractivity contribution is 0.0789. The average Bonchev–Trinajstić information content (AvgIpc) is 2.75. The molecule has 22 heavy (non-hydrogen) atoms. The van der Waals surface area contributed by atoms with E-state index in [0.29, 0.717) is 35.7 Å². The number of fused-ring (bicyclic) bond motifs is 3. The third-order valence-corrected chi connectivity index (χ3v) is 4.21. The molecule has 6 heteroatoms. The molecule has 116 valence electrons. The number of benzene rings is 1. The van der Waals surface area contributed by atoms with Crippen LogP contribution in [-0.4, -0.2) is 49.0 Å². The summed E-state index contributed by atoms with van der Waals surface area (Å²) in [7, 11) is 6.61. The van der Waals surface area contributed by atoms with Gasteiger partial charge in [-0.3, -0.25) is 9.59 Å². The zero-order valence-electron chi connectivity index (χ0n) is 13.1. The fourth-order valence-corrected chi connectivity index (χ4v) is 2.97. The molecule has 0 saturated heterocycles. The smallest absolute Gasteiger partial charge is 0.271 e. The number of nitrogens with zero attached hydrogens (tertiary/aromatic N) is 2. The Kier molecular flexibility index (Phi) is 3.31. The van der Waals surface area contributed by atoms with Gasteiger partial charge in [0.05, 0.1) is 25.3 Å². The Bertz CT molecular complexity index is 791. The Morgan fingerprint density at radius 1 is 1.05 bits per heavy atom. The van der Waals surface area contributed by atoms with Crippen LogP contribution in [0.4, 0.5) is 0 Å². The number of methoxy groups -OCH3 is 2. The molecule has 1 aliphatic rings. The predicted molar refractivity (Wildman–Crippen MR) is 81.9 cm³/mol. The first-order chi connectivity index (χ1) is 10.5. The number of amides is 1. The lowest BCUT2D eigenvalue weighted by Gasteiger charge is -2.14. The number of ketones is 1. The fraction of sp³-hybridized carbons (Fsp3) is 0.375. The third-order valence-electron chi connectivity index (χ3n) is 4.21. The van der Waals surface area contributed by atoms with Crippen LogP contribution in [-0.2, 0) is 7.05 Å². The van der Waals surface area contributed by atoms with E-state index in [2.05, 4.69) is 0 Å². The number of aromatic nitrogens is 1. The summed E-state index contributed by atoms with van der Waals surface area (Å²) < 4.78 is 12.4. The Morgan fingerprint density at radius 3 is 2.32 bits per heavy atom. The first-order valence-corrected chi connectivity index (χ1v) is 7.02. The van der Waals surface area contributed by atoms with Crippen molar-refractivity contribution in [3.8, 4) is 11.5 Å². The van der Waals surface area contributed by atoms with Crippen molar-refractivity contribution >= 4 is 22.6 Å². The molecule has 0 aliphatic carbocycles. The number of rotatable bonds is 2. The van der Waals surface area contributed by atoms with Crippen LogP contribution in [0.3, 0.4) is 0 Å². The Balaban J connectivity index is 2.40. The largest absolute Gasteiger partial charge is 0.493 e. The molecular formula is C16H18N2O4. The zero-order valence-corrected chi connectivity index (χ0v) is 13.1. The second kappa shape index (κ2) is 5.05. The van der Waals surface area contributed by atoms with Gasteiger partial charge in [-0.1, -0.05) is 0 Å². The van der Waals surface area contributed by atoms with Gasteiger partial charge in [-0.25, -0.2) is 0 Å². The van der Waals surface area contributed by atoms with E-state index in [1.54, 1.807) is 49.9 Å². The highest BCUT2D eigenvalue weighted by Gasteiger charge is 2.31. The zero-order chi connectivity index (χ0) is 16.0. The van der Waals surface area contributed by atoms with E-state index in [1.165, 1.54) is 0 Å². The molecule has 3 rings (SSSR count). The molecule has 0 fully saturated rings. The summed E-state index contributed by atoms with van der Waals surface area (Å²) in [5.74, 6) is 0.947. The summed E-state index contributed by atoms with van der Waals surface area (Å²) in [6, 6.07) is 3.56. The summed E-state index contributed by atoms with van der Waals surface area (Å²) in [5, 5.41) is 0.726. The number of aryl methyl sites for hydroxylation is 1. The standard InChI is InChI=1S/C16H18N2O4/c1-17-6-5-11(19)14-9-7-12(21-3)13(22-4)8-10(9)18(2)15(14)16(17)20/h7-8H,5-6H2,1-4H3. The van der Waals surface area contributed by atoms with Crippen LogP contribution >= 0.6 is 0 Å². The summed E-state index contributed by atoms with van der Waals surface area (Å²) in [4.78, 5) is 26.7. The molecule has 1 aromatic heterocycles. The number of hydrogen-bond donors (Lipinski definition) is 0. The average molecular weight is 302 g/mol. The molecule has 0 bridgehead atoms. The SMILES string of the molecule is COc1cc2c3c(n(C)c2cc1OC)C(=O)N(C)CCC3=O. The second-order valence-electron chi connectivity index (χ2n) is 5.41. The van der Waals surface area contributed by atoms with Gasteiger partial charge in [0.2, 0.25) is 0 Å². The van der Waals surface area contributed by atoms with E-state index in [-0.39, 0.29) is 11.7 Å². The number of hydrogen-bond acceptors (Lipinski definition) is 4. The Labute approximate surface area is 128 Å². The first kappa shape index (κ1) is 14.4. The summed E-state index contributed by atoms with van der Waals surface area (Å²) in [6.45, 7) is 0.432. The van der Waals surface area contributed by atoms with Gasteiger partial charge >= 0.3 is 0 Å². The summed E-state index contributed by atoms with van der Waals surface area (Å²) >= 11 is 0. The summed E-state index contributed by atoms with van der Waals surface area (Å²) in [5.41, 5.74) is 1.68. The Morgan fingerprint density at radius 2 is 1.68 bits per heavy atom. The van der Waals surface area contributed by atoms with E-state index in [4.69, 9.17) is 9.47 Å². The van der Waals surface area contributed by atoms with Crippen LogP contribution in [0.2, 0.25) is 0 Å². The molecule has 1 aliphatic heterocycles. The molecular weight excluding hydrogens is 284 g/mol. The number of carbonyl (C=O) groups excluding carboxylic acids is 2. The normalized spacial score (nSPS) is 15.0. The van der Waals surface area contributed by atoms with E-state index in [1.807, 2.05) is 0 Å². The highest BCUT2D eigenvalue weighted by molar-refractivity contribution is 6.18. The van der Waals surface area contributed by atoms with Gasteiger partial charge in [0.25, 0.3) is 5.91 Å². The van der Waals surface area contributed by atoms with Crippen molar-refractivity contribution in [2.24, 2.45) is 7.05 Å². The molecule has 2 heterocycles. The lowest BCUT2D eigenvalue weighted by Crippen LogP contribution is -2.28. The van der Waals surface area contributed by atoms with Crippen LogP contribution in [0.25, 0.3) is 10.9 Å². The van der Waals surface area contributed by atoms with Crippen LogP contribution in [0.1, 0.15) is 27.3 Å². The monoisotopic (exact) mass is 302 g/mol.